The zero-order valence-electron chi connectivity index (χ0n) is 23.0. The number of benzene rings is 2. The molecule has 12 heteroatoms. The summed E-state index contributed by atoms with van der Waals surface area (Å²) in [5.41, 5.74) is 1.77. The number of furan rings is 1. The third-order valence-corrected chi connectivity index (χ3v) is 7.79. The second-order valence-electron chi connectivity index (χ2n) is 9.76. The van der Waals surface area contributed by atoms with Crippen molar-refractivity contribution in [1.29, 1.82) is 0 Å². The number of anilines is 1. The van der Waals surface area contributed by atoms with Crippen molar-refractivity contribution in [2.45, 2.75) is 44.8 Å². The highest BCUT2D eigenvalue weighted by molar-refractivity contribution is 6.36. The van der Waals surface area contributed by atoms with E-state index in [1.807, 2.05) is 19.1 Å². The predicted molar refractivity (Wildman–Crippen MR) is 156 cm³/mol. The van der Waals surface area contributed by atoms with Crippen LogP contribution in [0.1, 0.15) is 53.4 Å². The molecule has 3 heterocycles. The Hall–Kier alpha value is -3.86. The molecule has 4 aromatic rings. The van der Waals surface area contributed by atoms with Crippen LogP contribution in [0.3, 0.4) is 0 Å². The summed E-state index contributed by atoms with van der Waals surface area (Å²) in [6.07, 6.45) is 3.69. The number of fused-ring (bicyclic) bond motifs is 1. The molecule has 5 rings (SSSR count). The van der Waals surface area contributed by atoms with Crippen LogP contribution in [-0.4, -0.2) is 54.0 Å². The minimum atomic E-state index is -0.540. The molecule has 220 valence electrons. The number of nitrogens with zero attached hydrogens (tertiary/aromatic N) is 2. The van der Waals surface area contributed by atoms with Gasteiger partial charge in [0, 0.05) is 30.0 Å². The fourth-order valence-electron chi connectivity index (χ4n) is 5.05. The van der Waals surface area contributed by atoms with E-state index >= 15 is 0 Å². The molecule has 0 aliphatic carbocycles. The molecule has 10 nitrogen and oxygen atoms in total. The number of hydrogen-bond donors (Lipinski definition) is 1. The number of aromatic nitrogens is 1. The van der Waals surface area contributed by atoms with Crippen LogP contribution in [0.15, 0.2) is 57.7 Å². The first-order valence-electron chi connectivity index (χ1n) is 13.5. The van der Waals surface area contributed by atoms with Crippen LogP contribution in [0.4, 0.5) is 5.69 Å². The smallest absolute Gasteiger partial charge is 0.305 e. The number of amides is 2. The maximum Gasteiger partial charge on any atom is 0.305 e. The minimum Gasteiger partial charge on any atom is -0.469 e. The zero-order valence-corrected chi connectivity index (χ0v) is 24.5. The van der Waals surface area contributed by atoms with Crippen LogP contribution < -0.4 is 5.32 Å². The van der Waals surface area contributed by atoms with E-state index < -0.39 is 11.9 Å². The van der Waals surface area contributed by atoms with Crippen molar-refractivity contribution in [3.05, 3.63) is 81.7 Å². The molecule has 2 amide bonds. The largest absolute Gasteiger partial charge is 0.469 e. The molecule has 1 N–H and O–H groups in total. The van der Waals surface area contributed by atoms with Gasteiger partial charge in [-0.25, -0.2) is 4.98 Å². The van der Waals surface area contributed by atoms with Gasteiger partial charge >= 0.3 is 5.97 Å². The molecule has 0 spiro atoms. The number of hydrogen-bond acceptors (Lipinski definition) is 8. The highest BCUT2D eigenvalue weighted by Crippen LogP contribution is 2.36. The Morgan fingerprint density at radius 2 is 1.98 bits per heavy atom. The lowest BCUT2D eigenvalue weighted by Gasteiger charge is -2.26. The van der Waals surface area contributed by atoms with Crippen molar-refractivity contribution in [3.63, 3.8) is 0 Å². The second-order valence-corrected chi connectivity index (χ2v) is 10.6. The van der Waals surface area contributed by atoms with E-state index in [-0.39, 0.29) is 40.9 Å². The number of esters is 1. The van der Waals surface area contributed by atoms with Gasteiger partial charge in [-0.05, 0) is 37.1 Å². The van der Waals surface area contributed by atoms with Crippen LogP contribution >= 0.6 is 23.2 Å². The van der Waals surface area contributed by atoms with Gasteiger partial charge in [0.2, 0.25) is 11.8 Å². The van der Waals surface area contributed by atoms with Crippen molar-refractivity contribution in [3.8, 4) is 0 Å². The number of para-hydroxylation sites is 1. The number of carbonyl (C=O) groups excluding carboxylic acids is 3. The Morgan fingerprint density at radius 3 is 2.76 bits per heavy atom. The van der Waals surface area contributed by atoms with Gasteiger partial charge in [-0.2, -0.15) is 0 Å². The van der Waals surface area contributed by atoms with Gasteiger partial charge in [0.15, 0.2) is 0 Å². The lowest BCUT2D eigenvalue weighted by atomic mass is 10.1. The maximum absolute atomic E-state index is 13.6. The molecular weight excluding hydrogens is 585 g/mol. The lowest BCUT2D eigenvalue weighted by Crippen LogP contribution is -2.35. The first-order chi connectivity index (χ1) is 20.3. The Morgan fingerprint density at radius 1 is 1.17 bits per heavy atom. The number of aryl methyl sites for hydroxylation is 1. The average Bonchev–Trinajstić information content (AvgIpc) is 3.72. The summed E-state index contributed by atoms with van der Waals surface area (Å²) in [5, 5.41) is 3.96. The second kappa shape index (κ2) is 13.0. The standard InChI is InChI=1S/C30H29Cl2N3O7/c1-3-40-25-10-11-35(28(25)30-33-15-18(42-30)8-9-27(37)39-2)26(36)13-17-12-22(32)23(14-21(17)31)34-29(38)20-16-41-24-7-5-4-6-19(20)24/h4-7,12,14-16,25,28H,3,8-11,13H2,1-2H3,(H,34,38)/t25-,28-/m0/s1. The van der Waals surface area contributed by atoms with Crippen LogP contribution in [0.5, 0.6) is 0 Å². The van der Waals surface area contributed by atoms with Gasteiger partial charge in [0.25, 0.3) is 5.91 Å². The summed E-state index contributed by atoms with van der Waals surface area (Å²) in [7, 11) is 1.33. The number of halogens is 2. The van der Waals surface area contributed by atoms with Crippen molar-refractivity contribution < 1.29 is 32.7 Å². The van der Waals surface area contributed by atoms with Crippen LogP contribution in [0, 0.1) is 0 Å². The Labute approximate surface area is 251 Å². The number of methoxy groups -OCH3 is 1. The average molecular weight is 614 g/mol. The Bertz CT molecular complexity index is 1620. The van der Waals surface area contributed by atoms with Gasteiger partial charge in [0.05, 0.1) is 48.5 Å². The molecule has 0 saturated carbocycles. The topological polar surface area (TPSA) is 124 Å². The predicted octanol–water partition coefficient (Wildman–Crippen LogP) is 6.01. The summed E-state index contributed by atoms with van der Waals surface area (Å²) < 4.78 is 22.0. The summed E-state index contributed by atoms with van der Waals surface area (Å²) in [5.74, 6) is -0.112. The monoisotopic (exact) mass is 613 g/mol. The van der Waals surface area contributed by atoms with E-state index in [4.69, 9.17) is 41.5 Å². The number of likely N-dealkylation sites (tertiary alicyclic amines) is 1. The van der Waals surface area contributed by atoms with Crippen molar-refractivity contribution in [2.24, 2.45) is 0 Å². The summed E-state index contributed by atoms with van der Waals surface area (Å²) in [6.45, 7) is 2.78. The van der Waals surface area contributed by atoms with Gasteiger partial charge in [0.1, 0.15) is 23.6 Å². The van der Waals surface area contributed by atoms with Crippen LogP contribution in [0.2, 0.25) is 10.0 Å². The maximum atomic E-state index is 13.6. The fraction of sp³-hybridized carbons (Fsp3) is 0.333. The molecule has 0 radical (unpaired) electrons. The molecule has 2 atom stereocenters. The van der Waals surface area contributed by atoms with E-state index in [1.54, 1.807) is 29.3 Å². The Kier molecular flexibility index (Phi) is 9.15. The first kappa shape index (κ1) is 29.6. The molecule has 1 fully saturated rings. The molecule has 0 unspecified atom stereocenters. The summed E-state index contributed by atoms with van der Waals surface area (Å²) in [6, 6.07) is 9.77. The molecule has 2 aromatic heterocycles. The third kappa shape index (κ3) is 6.30. The zero-order chi connectivity index (χ0) is 29.8. The molecule has 1 aliphatic rings. The summed E-state index contributed by atoms with van der Waals surface area (Å²) in [4.78, 5) is 44.1. The summed E-state index contributed by atoms with van der Waals surface area (Å²) >= 11 is 13.1. The van der Waals surface area contributed by atoms with Crippen molar-refractivity contribution in [1.82, 2.24) is 9.88 Å². The van der Waals surface area contributed by atoms with Gasteiger partial charge in [-0.15, -0.1) is 0 Å². The number of nitrogens with one attached hydrogen (secondary N) is 1. The highest BCUT2D eigenvalue weighted by atomic mass is 35.5. The number of carbonyl (C=O) groups is 3. The fourth-order valence-corrected chi connectivity index (χ4v) is 5.52. The van der Waals surface area contributed by atoms with Crippen molar-refractivity contribution >= 4 is 57.6 Å². The molecule has 42 heavy (non-hydrogen) atoms. The SMILES string of the molecule is CCO[C@H]1CCN(C(=O)Cc2cc(Cl)c(NC(=O)c3coc4ccccc34)cc2Cl)[C@@H]1c1ncc(CCC(=O)OC)o1. The Balaban J connectivity index is 1.30. The molecule has 2 aromatic carbocycles. The molecule has 0 bridgehead atoms. The van der Waals surface area contributed by atoms with E-state index in [0.717, 1.165) is 0 Å². The number of rotatable bonds is 10. The van der Waals surface area contributed by atoms with Gasteiger partial charge in [-0.1, -0.05) is 41.4 Å². The van der Waals surface area contributed by atoms with Gasteiger partial charge < -0.3 is 28.5 Å². The molecule has 1 aliphatic heterocycles. The third-order valence-electron chi connectivity index (χ3n) is 7.12. The number of ether oxygens (including phenoxy) is 2. The minimum absolute atomic E-state index is 0.0373. The quantitative estimate of drug-likeness (QED) is 0.216. The van der Waals surface area contributed by atoms with E-state index in [9.17, 15) is 14.4 Å². The lowest BCUT2D eigenvalue weighted by molar-refractivity contribution is -0.140. The molecule has 1 saturated heterocycles. The van der Waals surface area contributed by atoms with Crippen molar-refractivity contribution in [2.75, 3.05) is 25.6 Å². The van der Waals surface area contributed by atoms with E-state index in [1.165, 1.54) is 19.4 Å². The highest BCUT2D eigenvalue weighted by Gasteiger charge is 2.41. The van der Waals surface area contributed by atoms with E-state index in [0.29, 0.717) is 65.4 Å². The van der Waals surface area contributed by atoms with Crippen LogP contribution in [0.25, 0.3) is 11.0 Å². The normalized spacial score (nSPS) is 16.6. The van der Waals surface area contributed by atoms with E-state index in [2.05, 4.69) is 10.3 Å². The van der Waals surface area contributed by atoms with Gasteiger partial charge in [-0.3, -0.25) is 14.4 Å². The first-order valence-corrected chi connectivity index (χ1v) is 14.2. The molecular formula is C30H29Cl2N3O7. The van der Waals surface area contributed by atoms with Crippen LogP contribution in [-0.2, 0) is 31.9 Å². The number of oxazole rings is 1.